The smallest absolute Gasteiger partial charge is 0.168 e. The van der Waals surface area contributed by atoms with Gasteiger partial charge >= 0.3 is 0 Å². The first-order chi connectivity index (χ1) is 8.79. The van der Waals surface area contributed by atoms with Crippen molar-refractivity contribution in [2.24, 2.45) is 5.92 Å². The summed E-state index contributed by atoms with van der Waals surface area (Å²) in [6.07, 6.45) is 8.01. The van der Waals surface area contributed by atoms with Crippen LogP contribution in [0, 0.1) is 5.92 Å². The molecular formula is C15H24N2O. The summed E-state index contributed by atoms with van der Waals surface area (Å²) in [5.41, 5.74) is 0. The molecule has 1 aliphatic rings. The molecule has 2 atom stereocenters. The number of nitrogens with one attached hydrogen (secondary N) is 1. The van der Waals surface area contributed by atoms with E-state index in [1.165, 1.54) is 25.7 Å². The van der Waals surface area contributed by atoms with Crippen LogP contribution in [0.1, 0.15) is 46.0 Å². The Balaban J connectivity index is 1.99. The molecule has 0 radical (unpaired) electrons. The summed E-state index contributed by atoms with van der Waals surface area (Å²) in [6, 6.07) is 4.48. The van der Waals surface area contributed by atoms with Gasteiger partial charge in [-0.15, -0.1) is 0 Å². The van der Waals surface area contributed by atoms with Crippen molar-refractivity contribution in [1.82, 2.24) is 4.98 Å². The highest BCUT2D eigenvalue weighted by Gasteiger charge is 2.20. The Hall–Kier alpha value is -1.25. The molecule has 0 spiro atoms. The number of hydrogen-bond donors (Lipinski definition) is 1. The van der Waals surface area contributed by atoms with Crippen molar-refractivity contribution >= 4 is 5.82 Å². The first kappa shape index (κ1) is 13.2. The fraction of sp³-hybridized carbons (Fsp3) is 0.667. The molecule has 1 aromatic heterocycles. The molecule has 3 heteroatoms. The van der Waals surface area contributed by atoms with Crippen LogP contribution in [0.3, 0.4) is 0 Å². The van der Waals surface area contributed by atoms with E-state index in [-0.39, 0.29) is 0 Å². The molecule has 18 heavy (non-hydrogen) atoms. The predicted molar refractivity (Wildman–Crippen MR) is 75.1 cm³/mol. The molecule has 0 bridgehead atoms. The molecule has 1 N–H and O–H groups in total. The van der Waals surface area contributed by atoms with Crippen molar-refractivity contribution in [3.63, 3.8) is 0 Å². The van der Waals surface area contributed by atoms with Crippen LogP contribution in [-0.2, 0) is 0 Å². The monoisotopic (exact) mass is 248 g/mol. The summed E-state index contributed by atoms with van der Waals surface area (Å²) in [7, 11) is 0. The van der Waals surface area contributed by atoms with Gasteiger partial charge in [-0.2, -0.15) is 0 Å². The molecule has 1 saturated carbocycles. The number of hydrogen-bond acceptors (Lipinski definition) is 3. The minimum Gasteiger partial charge on any atom is -0.490 e. The van der Waals surface area contributed by atoms with Crippen LogP contribution in [0.5, 0.6) is 5.75 Å². The third-order valence-electron chi connectivity index (χ3n) is 3.51. The maximum absolute atomic E-state index is 5.73. The van der Waals surface area contributed by atoms with E-state index in [0.717, 1.165) is 30.5 Å². The Morgan fingerprint density at radius 3 is 3.11 bits per heavy atom. The average Bonchev–Trinajstić information content (AvgIpc) is 2.38. The summed E-state index contributed by atoms with van der Waals surface area (Å²) >= 11 is 0. The lowest BCUT2D eigenvalue weighted by atomic mass is 9.87. The normalized spacial score (nSPS) is 23.7. The molecule has 2 unspecified atom stereocenters. The van der Waals surface area contributed by atoms with Crippen molar-refractivity contribution in [2.75, 3.05) is 11.9 Å². The van der Waals surface area contributed by atoms with Gasteiger partial charge in [-0.1, -0.05) is 26.7 Å². The second kappa shape index (κ2) is 6.62. The molecule has 0 aliphatic heterocycles. The van der Waals surface area contributed by atoms with E-state index in [1.54, 1.807) is 0 Å². The Morgan fingerprint density at radius 1 is 1.44 bits per heavy atom. The molecule has 3 nitrogen and oxygen atoms in total. The molecular weight excluding hydrogens is 224 g/mol. The van der Waals surface area contributed by atoms with Crippen molar-refractivity contribution in [3.05, 3.63) is 18.3 Å². The van der Waals surface area contributed by atoms with Crippen LogP contribution < -0.4 is 10.1 Å². The zero-order valence-electron chi connectivity index (χ0n) is 11.5. The van der Waals surface area contributed by atoms with E-state index in [9.17, 15) is 0 Å². The Bertz CT molecular complexity index is 367. The van der Waals surface area contributed by atoms with Gasteiger partial charge in [0.1, 0.15) is 0 Å². The molecule has 0 saturated heterocycles. The van der Waals surface area contributed by atoms with Crippen LogP contribution >= 0.6 is 0 Å². The van der Waals surface area contributed by atoms with E-state index < -0.39 is 0 Å². The minimum atomic E-state index is 0.549. The number of rotatable bonds is 5. The Kier molecular flexibility index (Phi) is 4.85. The molecule has 1 heterocycles. The van der Waals surface area contributed by atoms with Gasteiger partial charge in [0.05, 0.1) is 6.61 Å². The number of ether oxygens (including phenoxy) is 1. The standard InChI is InChI=1S/C15H24N2O/c1-3-10-18-14-8-5-9-16-15(14)17-13-7-4-6-12(2)11-13/h5,8-9,12-13H,3-4,6-7,10-11H2,1-2H3,(H,16,17). The highest BCUT2D eigenvalue weighted by atomic mass is 16.5. The molecule has 1 fully saturated rings. The van der Waals surface area contributed by atoms with Gasteiger partial charge in [-0.3, -0.25) is 0 Å². The Morgan fingerprint density at radius 2 is 2.33 bits per heavy atom. The SMILES string of the molecule is CCCOc1cccnc1NC1CCCC(C)C1. The van der Waals surface area contributed by atoms with Crippen molar-refractivity contribution < 1.29 is 4.74 Å². The number of anilines is 1. The van der Waals surface area contributed by atoms with E-state index in [4.69, 9.17) is 4.74 Å². The lowest BCUT2D eigenvalue weighted by Gasteiger charge is -2.28. The average molecular weight is 248 g/mol. The van der Waals surface area contributed by atoms with Crippen LogP contribution in [-0.4, -0.2) is 17.6 Å². The molecule has 100 valence electrons. The first-order valence-corrected chi connectivity index (χ1v) is 7.14. The van der Waals surface area contributed by atoms with Crippen LogP contribution in [0.25, 0.3) is 0 Å². The lowest BCUT2D eigenvalue weighted by Crippen LogP contribution is -2.26. The van der Waals surface area contributed by atoms with E-state index in [1.807, 2.05) is 18.3 Å². The molecule has 1 aromatic rings. The topological polar surface area (TPSA) is 34.1 Å². The van der Waals surface area contributed by atoms with Gasteiger partial charge in [-0.25, -0.2) is 4.98 Å². The van der Waals surface area contributed by atoms with E-state index in [0.29, 0.717) is 6.04 Å². The minimum absolute atomic E-state index is 0.549. The third-order valence-corrected chi connectivity index (χ3v) is 3.51. The largest absolute Gasteiger partial charge is 0.490 e. The second-order valence-electron chi connectivity index (χ2n) is 5.31. The number of pyridine rings is 1. The highest BCUT2D eigenvalue weighted by molar-refractivity contribution is 5.50. The maximum atomic E-state index is 5.73. The van der Waals surface area contributed by atoms with Gasteiger partial charge in [0.25, 0.3) is 0 Å². The van der Waals surface area contributed by atoms with Gasteiger partial charge in [-0.05, 0) is 37.3 Å². The molecule has 1 aliphatic carbocycles. The number of aromatic nitrogens is 1. The molecule has 0 aromatic carbocycles. The molecule has 2 rings (SSSR count). The van der Waals surface area contributed by atoms with E-state index in [2.05, 4.69) is 24.1 Å². The predicted octanol–water partition coefficient (Wildman–Crippen LogP) is 3.86. The van der Waals surface area contributed by atoms with Crippen molar-refractivity contribution in [1.29, 1.82) is 0 Å². The first-order valence-electron chi connectivity index (χ1n) is 7.14. The third kappa shape index (κ3) is 3.62. The lowest BCUT2D eigenvalue weighted by molar-refractivity contribution is 0.315. The fourth-order valence-corrected chi connectivity index (χ4v) is 2.59. The summed E-state index contributed by atoms with van der Waals surface area (Å²) in [5.74, 6) is 2.61. The summed E-state index contributed by atoms with van der Waals surface area (Å²) in [6.45, 7) is 5.20. The van der Waals surface area contributed by atoms with Crippen molar-refractivity contribution in [2.45, 2.75) is 52.0 Å². The zero-order valence-corrected chi connectivity index (χ0v) is 11.5. The molecule has 0 amide bonds. The maximum Gasteiger partial charge on any atom is 0.168 e. The van der Waals surface area contributed by atoms with Gasteiger partial charge in [0.15, 0.2) is 11.6 Å². The van der Waals surface area contributed by atoms with Crippen LogP contribution in [0.4, 0.5) is 5.82 Å². The summed E-state index contributed by atoms with van der Waals surface area (Å²) < 4.78 is 5.73. The summed E-state index contributed by atoms with van der Waals surface area (Å²) in [4.78, 5) is 4.41. The highest BCUT2D eigenvalue weighted by Crippen LogP contribution is 2.28. The zero-order chi connectivity index (χ0) is 12.8. The van der Waals surface area contributed by atoms with Gasteiger partial charge in [0.2, 0.25) is 0 Å². The second-order valence-corrected chi connectivity index (χ2v) is 5.31. The van der Waals surface area contributed by atoms with Gasteiger partial charge in [0, 0.05) is 12.2 Å². The van der Waals surface area contributed by atoms with E-state index >= 15 is 0 Å². The quantitative estimate of drug-likeness (QED) is 0.859. The summed E-state index contributed by atoms with van der Waals surface area (Å²) in [5, 5.41) is 3.55. The Labute approximate surface area is 110 Å². The van der Waals surface area contributed by atoms with Crippen LogP contribution in [0.15, 0.2) is 18.3 Å². The number of nitrogens with zero attached hydrogens (tertiary/aromatic N) is 1. The fourth-order valence-electron chi connectivity index (χ4n) is 2.59. The van der Waals surface area contributed by atoms with Crippen LogP contribution in [0.2, 0.25) is 0 Å². The van der Waals surface area contributed by atoms with Gasteiger partial charge < -0.3 is 10.1 Å². The van der Waals surface area contributed by atoms with Crippen molar-refractivity contribution in [3.8, 4) is 5.75 Å².